The number of nitrogens with zero attached hydrogens (tertiary/aromatic N) is 2. The number of aromatic amines is 1. The smallest absolute Gasteiger partial charge is 0.295 e. The maximum Gasteiger partial charge on any atom is 0.295 e. The van der Waals surface area contributed by atoms with E-state index < -0.39 is 17.7 Å². The van der Waals surface area contributed by atoms with Crippen molar-refractivity contribution in [1.82, 2.24) is 14.9 Å². The van der Waals surface area contributed by atoms with Crippen molar-refractivity contribution in [3.63, 3.8) is 0 Å². The van der Waals surface area contributed by atoms with Crippen molar-refractivity contribution < 1.29 is 14.7 Å². The number of fused-ring (bicyclic) bond motifs is 1. The van der Waals surface area contributed by atoms with Crippen LogP contribution in [0.3, 0.4) is 0 Å². The molecule has 0 bridgehead atoms. The molecule has 34 heavy (non-hydrogen) atoms. The van der Waals surface area contributed by atoms with Crippen LogP contribution in [-0.2, 0) is 16.0 Å². The van der Waals surface area contributed by atoms with Crippen molar-refractivity contribution in [2.75, 3.05) is 6.54 Å². The highest BCUT2D eigenvalue weighted by molar-refractivity contribution is 6.46. The molecule has 5 rings (SSSR count). The predicted octanol–water partition coefficient (Wildman–Crippen LogP) is 4.84. The number of hydrogen-bond acceptors (Lipinski definition) is 4. The van der Waals surface area contributed by atoms with Crippen LogP contribution in [-0.4, -0.2) is 38.2 Å². The number of nitrogens with one attached hydrogen (secondary N) is 1. The first-order valence-electron chi connectivity index (χ1n) is 11.3. The third-order valence-electron chi connectivity index (χ3n) is 6.50. The molecule has 1 fully saturated rings. The second kappa shape index (κ2) is 8.63. The van der Waals surface area contributed by atoms with Crippen molar-refractivity contribution in [2.45, 2.75) is 26.3 Å². The van der Waals surface area contributed by atoms with E-state index in [1.54, 1.807) is 23.2 Å². The average molecular weight is 452 g/mol. The van der Waals surface area contributed by atoms with Gasteiger partial charge in [-0.3, -0.25) is 14.6 Å². The molecule has 170 valence electrons. The number of pyridine rings is 1. The van der Waals surface area contributed by atoms with Crippen molar-refractivity contribution in [3.05, 3.63) is 107 Å². The highest BCUT2D eigenvalue weighted by atomic mass is 16.3. The van der Waals surface area contributed by atoms with E-state index in [-0.39, 0.29) is 11.3 Å². The number of aliphatic hydroxyl groups is 1. The van der Waals surface area contributed by atoms with Crippen LogP contribution in [0.4, 0.5) is 0 Å². The Hall–Kier alpha value is -4.19. The average Bonchev–Trinajstić information content (AvgIpc) is 3.31. The van der Waals surface area contributed by atoms with Crippen LogP contribution in [0.5, 0.6) is 0 Å². The number of likely N-dealkylation sites (tertiary alicyclic amines) is 1. The van der Waals surface area contributed by atoms with Gasteiger partial charge in [-0.25, -0.2) is 0 Å². The molecule has 1 aliphatic heterocycles. The molecule has 1 aliphatic rings. The SMILES string of the molecule is Cc1ccc(C2C(=C(O)c3cccnc3)C(=O)C(=O)N2CCc2c(C)[nH]c3ccccc23)cc1. The van der Waals surface area contributed by atoms with Gasteiger partial charge in [0.2, 0.25) is 0 Å². The van der Waals surface area contributed by atoms with Gasteiger partial charge in [0.1, 0.15) is 5.76 Å². The number of rotatable bonds is 5. The predicted molar refractivity (Wildman–Crippen MR) is 131 cm³/mol. The molecule has 2 aromatic heterocycles. The number of para-hydroxylation sites is 1. The number of carbonyl (C=O) groups is 2. The van der Waals surface area contributed by atoms with E-state index in [4.69, 9.17) is 0 Å². The lowest BCUT2D eigenvalue weighted by Gasteiger charge is -2.25. The Kier molecular flexibility index (Phi) is 5.49. The van der Waals surface area contributed by atoms with Gasteiger partial charge in [0.15, 0.2) is 0 Å². The van der Waals surface area contributed by atoms with Gasteiger partial charge in [-0.05, 0) is 49.6 Å². The molecule has 1 atom stereocenters. The molecule has 0 saturated carbocycles. The Balaban J connectivity index is 1.57. The molecule has 3 heterocycles. The lowest BCUT2D eigenvalue weighted by molar-refractivity contribution is -0.139. The monoisotopic (exact) mass is 451 g/mol. The fourth-order valence-corrected chi connectivity index (χ4v) is 4.75. The summed E-state index contributed by atoms with van der Waals surface area (Å²) >= 11 is 0. The topological polar surface area (TPSA) is 86.3 Å². The summed E-state index contributed by atoms with van der Waals surface area (Å²) in [6.45, 7) is 4.34. The minimum absolute atomic E-state index is 0.0949. The second-order valence-electron chi connectivity index (χ2n) is 8.67. The van der Waals surface area contributed by atoms with Gasteiger partial charge in [0.25, 0.3) is 11.7 Å². The number of aliphatic hydroxyl groups excluding tert-OH is 1. The maximum atomic E-state index is 13.2. The summed E-state index contributed by atoms with van der Waals surface area (Å²) in [7, 11) is 0. The fourth-order valence-electron chi connectivity index (χ4n) is 4.75. The van der Waals surface area contributed by atoms with Crippen LogP contribution in [0.15, 0.2) is 78.6 Å². The zero-order chi connectivity index (χ0) is 23.8. The number of hydrogen-bond donors (Lipinski definition) is 2. The summed E-state index contributed by atoms with van der Waals surface area (Å²) in [4.78, 5) is 35.4. The molecule has 0 aliphatic carbocycles. The Labute approximate surface area is 197 Å². The van der Waals surface area contributed by atoms with E-state index in [1.807, 2.05) is 56.3 Å². The standard InChI is InChI=1S/C28H25N3O3/c1-17-9-11-19(12-10-17)25-24(26(32)20-6-5-14-29-16-20)27(33)28(34)31(25)15-13-21-18(2)30-23-8-4-3-7-22(21)23/h3-12,14,16,25,30,32H,13,15H2,1-2H3. The molecule has 0 spiro atoms. The van der Waals surface area contributed by atoms with E-state index in [0.29, 0.717) is 18.5 Å². The highest BCUT2D eigenvalue weighted by Crippen LogP contribution is 2.39. The van der Waals surface area contributed by atoms with Gasteiger partial charge < -0.3 is 15.0 Å². The summed E-state index contributed by atoms with van der Waals surface area (Å²) in [5.74, 6) is -1.49. The summed E-state index contributed by atoms with van der Waals surface area (Å²) < 4.78 is 0. The number of carbonyl (C=O) groups excluding carboxylic acids is 2. The number of ketones is 1. The molecule has 1 amide bonds. The zero-order valence-corrected chi connectivity index (χ0v) is 19.1. The lowest BCUT2D eigenvalue weighted by atomic mass is 9.95. The van der Waals surface area contributed by atoms with Crippen LogP contribution in [0.1, 0.15) is 34.0 Å². The van der Waals surface area contributed by atoms with Gasteiger partial charge in [-0.15, -0.1) is 0 Å². The molecule has 4 aromatic rings. The fraction of sp³-hybridized carbons (Fsp3) is 0.179. The van der Waals surface area contributed by atoms with E-state index in [1.165, 1.54) is 6.20 Å². The van der Waals surface area contributed by atoms with Crippen molar-refractivity contribution in [1.29, 1.82) is 0 Å². The number of amides is 1. The van der Waals surface area contributed by atoms with Crippen LogP contribution in [0, 0.1) is 13.8 Å². The minimum atomic E-state index is -0.678. The third-order valence-corrected chi connectivity index (χ3v) is 6.50. The molecule has 6 nitrogen and oxygen atoms in total. The molecular weight excluding hydrogens is 426 g/mol. The van der Waals surface area contributed by atoms with E-state index in [9.17, 15) is 14.7 Å². The normalized spacial score (nSPS) is 17.6. The summed E-state index contributed by atoms with van der Waals surface area (Å²) in [6, 6.07) is 18.5. The maximum absolute atomic E-state index is 13.2. The number of benzene rings is 2. The highest BCUT2D eigenvalue weighted by Gasteiger charge is 2.45. The first-order chi connectivity index (χ1) is 16.5. The lowest BCUT2D eigenvalue weighted by Crippen LogP contribution is -2.31. The molecule has 0 radical (unpaired) electrons. The van der Waals surface area contributed by atoms with Crippen molar-refractivity contribution >= 4 is 28.4 Å². The van der Waals surface area contributed by atoms with Crippen molar-refractivity contribution in [3.8, 4) is 0 Å². The third kappa shape index (κ3) is 3.67. The molecule has 1 unspecified atom stereocenters. The zero-order valence-electron chi connectivity index (χ0n) is 19.1. The van der Waals surface area contributed by atoms with Crippen LogP contribution in [0.25, 0.3) is 16.7 Å². The molecule has 6 heteroatoms. The van der Waals surface area contributed by atoms with Crippen LogP contribution in [0.2, 0.25) is 0 Å². The Morgan fingerprint density at radius 2 is 1.79 bits per heavy atom. The summed E-state index contributed by atoms with van der Waals surface area (Å²) in [5.41, 5.74) is 5.56. The van der Waals surface area contributed by atoms with E-state index >= 15 is 0 Å². The molecule has 2 aromatic carbocycles. The Morgan fingerprint density at radius 3 is 2.53 bits per heavy atom. The van der Waals surface area contributed by atoms with Gasteiger partial charge >= 0.3 is 0 Å². The number of aryl methyl sites for hydroxylation is 2. The molecule has 2 N–H and O–H groups in total. The van der Waals surface area contributed by atoms with Crippen LogP contribution >= 0.6 is 0 Å². The quantitative estimate of drug-likeness (QED) is 0.258. The molecular formula is C28H25N3O3. The van der Waals surface area contributed by atoms with E-state index in [0.717, 1.165) is 33.3 Å². The van der Waals surface area contributed by atoms with Gasteiger partial charge in [-0.1, -0.05) is 48.0 Å². The number of Topliss-reactive ketones (excluding diaryl/α,β-unsaturated/α-hetero) is 1. The van der Waals surface area contributed by atoms with Crippen LogP contribution < -0.4 is 0 Å². The minimum Gasteiger partial charge on any atom is -0.507 e. The summed E-state index contributed by atoms with van der Waals surface area (Å²) in [6.07, 6.45) is 3.67. The first-order valence-corrected chi connectivity index (χ1v) is 11.3. The number of H-pyrrole nitrogens is 1. The largest absolute Gasteiger partial charge is 0.507 e. The van der Waals surface area contributed by atoms with Gasteiger partial charge in [0, 0.05) is 41.1 Å². The number of aromatic nitrogens is 2. The van der Waals surface area contributed by atoms with E-state index in [2.05, 4.69) is 16.0 Å². The molecule has 1 saturated heterocycles. The van der Waals surface area contributed by atoms with Gasteiger partial charge in [0.05, 0.1) is 11.6 Å². The first kappa shape index (κ1) is 21.6. The summed E-state index contributed by atoms with van der Waals surface area (Å²) in [5, 5.41) is 12.2. The van der Waals surface area contributed by atoms with Gasteiger partial charge in [-0.2, -0.15) is 0 Å². The second-order valence-corrected chi connectivity index (χ2v) is 8.67. The Bertz CT molecular complexity index is 1420. The van der Waals surface area contributed by atoms with Crippen molar-refractivity contribution in [2.24, 2.45) is 0 Å². The Morgan fingerprint density at radius 1 is 1.03 bits per heavy atom.